The lowest BCUT2D eigenvalue weighted by Gasteiger charge is -2.41. The monoisotopic (exact) mass is 487 g/mol. The van der Waals surface area contributed by atoms with E-state index in [4.69, 9.17) is 4.74 Å². The second-order valence-corrected chi connectivity index (χ2v) is 8.80. The van der Waals surface area contributed by atoms with E-state index in [0.29, 0.717) is 16.8 Å². The number of esters is 1. The molecule has 0 aromatic heterocycles. The quantitative estimate of drug-likeness (QED) is 0.199. The molecule has 0 fully saturated rings. The first-order chi connectivity index (χ1) is 17.0. The average Bonchev–Trinajstić information content (AvgIpc) is 2.83. The minimum atomic E-state index is -0.701. The van der Waals surface area contributed by atoms with E-state index in [2.05, 4.69) is 0 Å². The molecule has 4 rings (SSSR count). The number of non-ortho nitro benzene ring substituents is 2. The summed E-state index contributed by atoms with van der Waals surface area (Å²) in [5.74, 6) is -0.774. The smallest absolute Gasteiger partial charge is 0.343 e. The summed E-state index contributed by atoms with van der Waals surface area (Å²) in [4.78, 5) is 48.3. The number of hydrogen-bond donors (Lipinski definition) is 0. The van der Waals surface area contributed by atoms with Crippen LogP contribution in [0.2, 0.25) is 0 Å². The fourth-order valence-corrected chi connectivity index (χ4v) is 4.18. The van der Waals surface area contributed by atoms with Gasteiger partial charge in [0.25, 0.3) is 17.3 Å². The normalized spacial score (nSPS) is 13.9. The van der Waals surface area contributed by atoms with Crippen molar-refractivity contribution in [1.29, 1.82) is 0 Å². The van der Waals surface area contributed by atoms with Crippen LogP contribution in [-0.4, -0.2) is 27.3 Å². The van der Waals surface area contributed by atoms with Crippen LogP contribution in [0.4, 0.5) is 17.1 Å². The van der Waals surface area contributed by atoms with Gasteiger partial charge in [0, 0.05) is 35.4 Å². The molecule has 1 amide bonds. The molecule has 0 saturated heterocycles. The second kappa shape index (κ2) is 9.06. The number of rotatable bonds is 5. The molecule has 0 bridgehead atoms. The van der Waals surface area contributed by atoms with Crippen molar-refractivity contribution in [2.75, 3.05) is 4.90 Å². The van der Waals surface area contributed by atoms with Gasteiger partial charge in [0.1, 0.15) is 5.75 Å². The maximum absolute atomic E-state index is 13.5. The number of fused-ring (bicyclic) bond motifs is 1. The summed E-state index contributed by atoms with van der Waals surface area (Å²) in [6, 6.07) is 15.4. The Labute approximate surface area is 205 Å². The number of nitro benzene ring substituents is 2. The topological polar surface area (TPSA) is 133 Å². The van der Waals surface area contributed by atoms with E-state index in [1.807, 2.05) is 26.8 Å². The number of nitro groups is 2. The van der Waals surface area contributed by atoms with Crippen LogP contribution in [0.1, 0.15) is 47.1 Å². The van der Waals surface area contributed by atoms with E-state index in [-0.39, 0.29) is 28.6 Å². The standard InChI is InChI=1S/C26H21N3O7/c1-16-15-26(2,3)27(24(30)17-4-8-19(9-5-17)28(32)33)23-13-12-21(14-22(16)23)36-25(31)18-6-10-20(11-7-18)29(34)35/h4-15H,1-3H3. The first-order valence-electron chi connectivity index (χ1n) is 10.9. The number of nitrogens with zero attached hydrogens (tertiary/aromatic N) is 3. The molecule has 0 atom stereocenters. The molecule has 3 aromatic carbocycles. The number of allylic oxidation sites excluding steroid dienone is 1. The predicted octanol–water partition coefficient (Wildman–Crippen LogP) is 5.56. The summed E-state index contributed by atoms with van der Waals surface area (Å²) in [5, 5.41) is 21.8. The highest BCUT2D eigenvalue weighted by Gasteiger charge is 2.36. The molecule has 182 valence electrons. The lowest BCUT2D eigenvalue weighted by atomic mass is 9.88. The van der Waals surface area contributed by atoms with Gasteiger partial charge in [0.05, 0.1) is 26.6 Å². The van der Waals surface area contributed by atoms with Gasteiger partial charge in [-0.3, -0.25) is 29.9 Å². The highest BCUT2D eigenvalue weighted by atomic mass is 16.6. The Kier molecular flexibility index (Phi) is 6.11. The third-order valence-corrected chi connectivity index (χ3v) is 5.83. The number of hydrogen-bond acceptors (Lipinski definition) is 7. The van der Waals surface area contributed by atoms with Crippen LogP contribution >= 0.6 is 0 Å². The molecule has 0 radical (unpaired) electrons. The van der Waals surface area contributed by atoms with Crippen molar-refractivity contribution in [2.24, 2.45) is 0 Å². The van der Waals surface area contributed by atoms with E-state index in [9.17, 15) is 29.8 Å². The molecule has 10 nitrogen and oxygen atoms in total. The van der Waals surface area contributed by atoms with Crippen LogP contribution < -0.4 is 9.64 Å². The molecule has 0 unspecified atom stereocenters. The molecule has 0 aliphatic carbocycles. The lowest BCUT2D eigenvalue weighted by Crippen LogP contribution is -2.49. The Bertz CT molecular complexity index is 1420. The fourth-order valence-electron chi connectivity index (χ4n) is 4.18. The van der Waals surface area contributed by atoms with E-state index in [0.717, 1.165) is 5.57 Å². The number of benzene rings is 3. The number of anilines is 1. The molecule has 1 aliphatic heterocycles. The maximum Gasteiger partial charge on any atom is 0.343 e. The number of carbonyl (C=O) groups is 2. The first kappa shape index (κ1) is 24.3. The SMILES string of the molecule is CC1=CC(C)(C)N(C(=O)c2ccc([N+](=O)[O-])cc2)c2ccc(OC(=O)c3ccc([N+](=O)[O-])cc3)cc21. The zero-order valence-corrected chi connectivity index (χ0v) is 19.6. The third kappa shape index (κ3) is 4.56. The van der Waals surface area contributed by atoms with Gasteiger partial charge in [-0.2, -0.15) is 0 Å². The summed E-state index contributed by atoms with van der Waals surface area (Å²) < 4.78 is 5.48. The summed E-state index contributed by atoms with van der Waals surface area (Å²) in [5.41, 5.74) is 1.64. The molecule has 1 heterocycles. The number of amides is 1. The van der Waals surface area contributed by atoms with Crippen LogP contribution in [0.15, 0.2) is 72.8 Å². The third-order valence-electron chi connectivity index (χ3n) is 5.83. The molecule has 3 aromatic rings. The van der Waals surface area contributed by atoms with Crippen molar-refractivity contribution in [3.05, 3.63) is 110 Å². The van der Waals surface area contributed by atoms with Crippen LogP contribution in [-0.2, 0) is 0 Å². The molecular formula is C26H21N3O7. The van der Waals surface area contributed by atoms with E-state index in [1.165, 1.54) is 48.5 Å². The Morgan fingerprint density at radius 2 is 1.36 bits per heavy atom. The predicted molar refractivity (Wildman–Crippen MR) is 132 cm³/mol. The average molecular weight is 487 g/mol. The molecule has 10 heteroatoms. The van der Waals surface area contributed by atoms with Gasteiger partial charge in [0.2, 0.25) is 0 Å². The number of carbonyl (C=O) groups excluding carboxylic acids is 2. The van der Waals surface area contributed by atoms with Gasteiger partial charge in [-0.1, -0.05) is 6.08 Å². The highest BCUT2D eigenvalue weighted by Crippen LogP contribution is 2.41. The van der Waals surface area contributed by atoms with Crippen LogP contribution in [0.25, 0.3) is 5.57 Å². The zero-order chi connectivity index (χ0) is 26.2. The molecule has 0 spiro atoms. The van der Waals surface area contributed by atoms with Gasteiger partial charge in [-0.25, -0.2) is 4.79 Å². The van der Waals surface area contributed by atoms with Crippen molar-refractivity contribution in [3.8, 4) is 5.75 Å². The van der Waals surface area contributed by atoms with E-state index in [1.54, 1.807) is 23.1 Å². The van der Waals surface area contributed by atoms with Crippen molar-refractivity contribution in [2.45, 2.75) is 26.3 Å². The minimum absolute atomic E-state index is 0.111. The Morgan fingerprint density at radius 1 is 0.833 bits per heavy atom. The van der Waals surface area contributed by atoms with Gasteiger partial charge in [-0.05, 0) is 68.8 Å². The second-order valence-electron chi connectivity index (χ2n) is 8.80. The molecule has 1 aliphatic rings. The molecule has 36 heavy (non-hydrogen) atoms. The van der Waals surface area contributed by atoms with E-state index < -0.39 is 21.4 Å². The van der Waals surface area contributed by atoms with Crippen LogP contribution in [0.5, 0.6) is 5.75 Å². The van der Waals surface area contributed by atoms with Crippen molar-refractivity contribution < 1.29 is 24.2 Å². The summed E-state index contributed by atoms with van der Waals surface area (Å²) in [6.07, 6.45) is 1.92. The largest absolute Gasteiger partial charge is 0.423 e. The van der Waals surface area contributed by atoms with Gasteiger partial charge in [0.15, 0.2) is 0 Å². The van der Waals surface area contributed by atoms with Crippen LogP contribution in [0.3, 0.4) is 0 Å². The molecule has 0 N–H and O–H groups in total. The van der Waals surface area contributed by atoms with Crippen molar-refractivity contribution >= 4 is 34.5 Å². The minimum Gasteiger partial charge on any atom is -0.423 e. The fraction of sp³-hybridized carbons (Fsp3) is 0.154. The summed E-state index contributed by atoms with van der Waals surface area (Å²) in [6.45, 7) is 5.65. The van der Waals surface area contributed by atoms with E-state index >= 15 is 0 Å². The lowest BCUT2D eigenvalue weighted by molar-refractivity contribution is -0.385. The summed E-state index contributed by atoms with van der Waals surface area (Å²) in [7, 11) is 0. The molecule has 0 saturated carbocycles. The zero-order valence-electron chi connectivity index (χ0n) is 19.6. The highest BCUT2D eigenvalue weighted by molar-refractivity contribution is 6.10. The van der Waals surface area contributed by atoms with Gasteiger partial charge < -0.3 is 4.74 Å². The Balaban J connectivity index is 1.64. The maximum atomic E-state index is 13.5. The molecular weight excluding hydrogens is 466 g/mol. The van der Waals surface area contributed by atoms with Crippen LogP contribution in [0, 0.1) is 20.2 Å². The summed E-state index contributed by atoms with van der Waals surface area (Å²) >= 11 is 0. The van der Waals surface area contributed by atoms with Crippen molar-refractivity contribution in [1.82, 2.24) is 0 Å². The van der Waals surface area contributed by atoms with Gasteiger partial charge >= 0.3 is 5.97 Å². The Morgan fingerprint density at radius 3 is 1.89 bits per heavy atom. The van der Waals surface area contributed by atoms with Crippen molar-refractivity contribution in [3.63, 3.8) is 0 Å². The Hall–Kier alpha value is -4.86. The van der Waals surface area contributed by atoms with Gasteiger partial charge in [-0.15, -0.1) is 0 Å². The number of ether oxygens (including phenoxy) is 1. The first-order valence-corrected chi connectivity index (χ1v) is 10.9.